The number of carbonyl (C=O) groups is 2. The largest absolute Gasteiger partial charge is 0.504 e. The molecule has 3 aromatic rings. The summed E-state index contributed by atoms with van der Waals surface area (Å²) in [5.41, 5.74) is 12.7. The molecule has 1 saturated heterocycles. The number of nitrogens with zero attached hydrogens (tertiary/aromatic N) is 1. The number of ether oxygens (including phenoxy) is 2. The van der Waals surface area contributed by atoms with Gasteiger partial charge in [0.05, 0.1) is 18.7 Å². The second kappa shape index (κ2) is 12.5. The Kier molecular flexibility index (Phi) is 8.57. The van der Waals surface area contributed by atoms with Crippen LogP contribution >= 0.6 is 0 Å². The Morgan fingerprint density at radius 1 is 0.870 bits per heavy atom. The molecule has 0 radical (unpaired) electrons. The highest BCUT2D eigenvalue weighted by Gasteiger charge is 2.47. The van der Waals surface area contributed by atoms with Crippen LogP contribution in [0.15, 0.2) is 59.6 Å². The Labute approximate surface area is 264 Å². The van der Waals surface area contributed by atoms with Crippen molar-refractivity contribution in [2.45, 2.75) is 74.8 Å². The number of aliphatic imine (C=N–C) groups is 1. The molecule has 12 heteroatoms. The Bertz CT molecular complexity index is 1680. The zero-order valence-corrected chi connectivity index (χ0v) is 25.0. The number of benzene rings is 3. The van der Waals surface area contributed by atoms with Gasteiger partial charge in [-0.3, -0.25) is 9.59 Å². The number of phenolic OH excluding ortho intramolecular Hbond substituents is 1. The molecule has 0 unspecified atom stereocenters. The van der Waals surface area contributed by atoms with Crippen LogP contribution in [0.2, 0.25) is 0 Å². The third-order valence-corrected chi connectivity index (χ3v) is 9.48. The fourth-order valence-corrected chi connectivity index (χ4v) is 7.12. The molecule has 5 atom stereocenters. The number of aliphatic hydroxyl groups is 4. The predicted octanol–water partition coefficient (Wildman–Crippen LogP) is 1.17. The molecule has 0 amide bonds. The van der Waals surface area contributed by atoms with Crippen molar-refractivity contribution in [3.8, 4) is 11.5 Å². The quantitative estimate of drug-likeness (QED) is 0.108. The Morgan fingerprint density at radius 3 is 2.09 bits per heavy atom. The highest BCUT2D eigenvalue weighted by molar-refractivity contribution is 6.30. The molecule has 3 aliphatic rings. The fourth-order valence-electron chi connectivity index (χ4n) is 7.12. The minimum absolute atomic E-state index is 0.0188. The molecule has 2 aliphatic carbocycles. The van der Waals surface area contributed by atoms with Gasteiger partial charge in [0, 0.05) is 22.3 Å². The van der Waals surface area contributed by atoms with Crippen LogP contribution in [0.5, 0.6) is 11.5 Å². The van der Waals surface area contributed by atoms with Gasteiger partial charge in [-0.25, -0.2) is 4.99 Å². The lowest BCUT2D eigenvalue weighted by Crippen LogP contribution is -2.60. The van der Waals surface area contributed by atoms with E-state index >= 15 is 0 Å². The van der Waals surface area contributed by atoms with Crippen molar-refractivity contribution in [2.24, 2.45) is 16.5 Å². The van der Waals surface area contributed by atoms with Crippen LogP contribution in [-0.4, -0.2) is 80.4 Å². The number of hydrogen-bond acceptors (Lipinski definition) is 10. The SMILES string of the molecule is NC(N)=NCc1c(CC2(c3ccccc3)CCCC2)c2c(c(O)c1O[C@@H]1O[C@@H](CO)[C@H](O)[C@@H](O)[C@@H]1O)C(=O)c1ccccc1C2=O. The molecule has 46 heavy (non-hydrogen) atoms. The lowest BCUT2D eigenvalue weighted by atomic mass is 9.70. The van der Waals surface area contributed by atoms with E-state index in [2.05, 4.69) is 4.99 Å². The number of aromatic hydroxyl groups is 1. The maximum Gasteiger partial charge on any atom is 0.229 e. The van der Waals surface area contributed by atoms with Gasteiger partial charge >= 0.3 is 0 Å². The molecule has 12 nitrogen and oxygen atoms in total. The highest BCUT2D eigenvalue weighted by atomic mass is 16.7. The summed E-state index contributed by atoms with van der Waals surface area (Å²) in [5.74, 6) is -2.36. The van der Waals surface area contributed by atoms with E-state index < -0.39 is 60.0 Å². The number of aliphatic hydroxyl groups excluding tert-OH is 4. The van der Waals surface area contributed by atoms with Crippen molar-refractivity contribution in [3.05, 3.63) is 93.5 Å². The molecular weight excluding hydrogens is 594 g/mol. The van der Waals surface area contributed by atoms with Crippen molar-refractivity contribution in [1.29, 1.82) is 0 Å². The first-order chi connectivity index (χ1) is 22.1. The molecule has 6 rings (SSSR count). The summed E-state index contributed by atoms with van der Waals surface area (Å²) in [6, 6.07) is 16.2. The zero-order chi connectivity index (χ0) is 32.7. The van der Waals surface area contributed by atoms with Gasteiger partial charge in [0.15, 0.2) is 29.0 Å². The summed E-state index contributed by atoms with van der Waals surface area (Å²) in [5, 5.41) is 53.2. The monoisotopic (exact) mass is 631 g/mol. The molecule has 2 fully saturated rings. The van der Waals surface area contributed by atoms with Crippen LogP contribution < -0.4 is 16.2 Å². The molecule has 1 heterocycles. The fraction of sp³-hybridized carbons (Fsp3) is 0.382. The van der Waals surface area contributed by atoms with E-state index in [0.717, 1.165) is 31.2 Å². The van der Waals surface area contributed by atoms with Crippen molar-refractivity contribution in [2.75, 3.05) is 6.61 Å². The molecule has 242 valence electrons. The maximum atomic E-state index is 14.3. The van der Waals surface area contributed by atoms with Gasteiger partial charge in [0.25, 0.3) is 0 Å². The molecule has 0 spiro atoms. The highest BCUT2D eigenvalue weighted by Crippen LogP contribution is 2.50. The molecule has 3 aromatic carbocycles. The Morgan fingerprint density at radius 2 is 1.48 bits per heavy atom. The van der Waals surface area contributed by atoms with Gasteiger partial charge in [-0.1, -0.05) is 67.4 Å². The smallest absolute Gasteiger partial charge is 0.229 e. The van der Waals surface area contributed by atoms with Crippen LogP contribution in [0.3, 0.4) is 0 Å². The van der Waals surface area contributed by atoms with Crippen LogP contribution in [0.4, 0.5) is 0 Å². The van der Waals surface area contributed by atoms with Crippen molar-refractivity contribution < 1.29 is 44.6 Å². The predicted molar refractivity (Wildman–Crippen MR) is 166 cm³/mol. The molecular formula is C34H37N3O9. The first kappa shape index (κ1) is 31.6. The maximum absolute atomic E-state index is 14.3. The van der Waals surface area contributed by atoms with E-state index in [-0.39, 0.29) is 52.5 Å². The lowest BCUT2D eigenvalue weighted by molar-refractivity contribution is -0.277. The third-order valence-electron chi connectivity index (χ3n) is 9.48. The first-order valence-electron chi connectivity index (χ1n) is 15.2. The Hall–Kier alpha value is -4.33. The standard InChI is InChI=1S/C34H37N3O9/c35-33(36)37-15-21-20(14-34(12-6-7-13-34)17-8-2-1-3-9-17)23-24(26(40)19-11-5-4-10-18(19)25(23)39)28(42)31(21)46-32-30(44)29(43)27(41)22(16-38)45-32/h1-5,8-11,22,27,29-30,32,38,41-44H,6-7,12-16H2,(H4,35,36,37)/t22-,27-,29+,30-,32-/m0/s1. The van der Waals surface area contributed by atoms with Crippen LogP contribution in [0, 0.1) is 0 Å². The molecule has 9 N–H and O–H groups in total. The number of guanidine groups is 1. The van der Waals surface area contributed by atoms with Crippen molar-refractivity contribution in [3.63, 3.8) is 0 Å². The minimum Gasteiger partial charge on any atom is -0.504 e. The number of ketones is 2. The minimum atomic E-state index is -1.82. The van der Waals surface area contributed by atoms with E-state index in [1.54, 1.807) is 18.2 Å². The molecule has 1 aliphatic heterocycles. The average Bonchev–Trinajstić information content (AvgIpc) is 3.54. The number of fused-ring (bicyclic) bond motifs is 2. The second-order valence-electron chi connectivity index (χ2n) is 12.2. The number of nitrogens with two attached hydrogens (primary N) is 2. The summed E-state index contributed by atoms with van der Waals surface area (Å²) < 4.78 is 11.7. The normalized spacial score (nSPS) is 25.1. The number of rotatable bonds is 8. The van der Waals surface area contributed by atoms with E-state index in [1.165, 1.54) is 6.07 Å². The van der Waals surface area contributed by atoms with Gasteiger partial charge < -0.3 is 46.5 Å². The zero-order valence-electron chi connectivity index (χ0n) is 25.0. The van der Waals surface area contributed by atoms with Crippen LogP contribution in [-0.2, 0) is 23.1 Å². The summed E-state index contributed by atoms with van der Waals surface area (Å²) in [6.45, 7) is -0.990. The van der Waals surface area contributed by atoms with Gasteiger partial charge in [0.1, 0.15) is 24.4 Å². The first-order valence-corrected chi connectivity index (χ1v) is 15.2. The summed E-state index contributed by atoms with van der Waals surface area (Å²) in [7, 11) is 0. The number of hydrogen-bond donors (Lipinski definition) is 7. The van der Waals surface area contributed by atoms with Crippen LogP contribution in [0.1, 0.15) is 74.2 Å². The molecule has 1 saturated carbocycles. The summed E-state index contributed by atoms with van der Waals surface area (Å²) in [4.78, 5) is 32.6. The molecule has 0 bridgehead atoms. The lowest BCUT2D eigenvalue weighted by Gasteiger charge is -2.40. The van der Waals surface area contributed by atoms with Gasteiger partial charge in [0.2, 0.25) is 6.29 Å². The second-order valence-corrected chi connectivity index (χ2v) is 12.2. The summed E-state index contributed by atoms with van der Waals surface area (Å²) >= 11 is 0. The third kappa shape index (κ3) is 5.31. The van der Waals surface area contributed by atoms with Crippen molar-refractivity contribution >= 4 is 17.5 Å². The van der Waals surface area contributed by atoms with E-state index in [0.29, 0.717) is 5.56 Å². The van der Waals surface area contributed by atoms with Gasteiger partial charge in [-0.15, -0.1) is 0 Å². The number of phenols is 1. The van der Waals surface area contributed by atoms with Crippen molar-refractivity contribution in [1.82, 2.24) is 0 Å². The van der Waals surface area contributed by atoms with Crippen LogP contribution in [0.25, 0.3) is 0 Å². The topological polar surface area (TPSA) is 218 Å². The van der Waals surface area contributed by atoms with E-state index in [9.17, 15) is 35.1 Å². The average molecular weight is 632 g/mol. The Balaban J connectivity index is 1.61. The van der Waals surface area contributed by atoms with Gasteiger partial charge in [-0.2, -0.15) is 0 Å². The van der Waals surface area contributed by atoms with E-state index in [1.807, 2.05) is 30.3 Å². The number of carbonyl (C=O) groups excluding carboxylic acids is 2. The molecule has 0 aromatic heterocycles. The van der Waals surface area contributed by atoms with E-state index in [4.69, 9.17) is 20.9 Å². The van der Waals surface area contributed by atoms with Gasteiger partial charge in [-0.05, 0) is 35.8 Å². The summed E-state index contributed by atoms with van der Waals surface area (Å²) in [6.07, 6.45) is -4.56.